The van der Waals surface area contributed by atoms with Gasteiger partial charge in [0, 0.05) is 5.56 Å². The number of hydrogen-bond acceptors (Lipinski definition) is 3. The molecule has 11 heavy (non-hydrogen) atoms. The lowest BCUT2D eigenvalue weighted by Crippen LogP contribution is -1.91. The summed E-state index contributed by atoms with van der Waals surface area (Å²) in [5.41, 5.74) is 0.433. The molecule has 0 aliphatic heterocycles. The van der Waals surface area contributed by atoms with Crippen molar-refractivity contribution in [2.24, 2.45) is 0 Å². The van der Waals surface area contributed by atoms with Crippen LogP contribution in [0.4, 0.5) is 0 Å². The Balaban J connectivity index is 3.05. The van der Waals surface area contributed by atoms with Crippen molar-refractivity contribution in [3.8, 4) is 0 Å². The fraction of sp³-hybridized carbons (Fsp3) is 0.167. The molecule has 1 aromatic heterocycles. The predicted octanol–water partition coefficient (Wildman–Crippen LogP) is 1.23. The second-order valence-electron chi connectivity index (χ2n) is 1.87. The predicted molar refractivity (Wildman–Crippen MR) is 39.3 cm³/mol. The normalized spacial score (nSPS) is 10.0. The van der Waals surface area contributed by atoms with E-state index in [0.717, 1.165) is 0 Å². The summed E-state index contributed by atoms with van der Waals surface area (Å²) in [6.07, 6.45) is 0. The van der Waals surface area contributed by atoms with Crippen LogP contribution in [-0.4, -0.2) is 16.2 Å². The van der Waals surface area contributed by atoms with Crippen LogP contribution in [0.3, 0.4) is 0 Å². The quantitative estimate of drug-likeness (QED) is 0.787. The number of aromatic carboxylic acids is 1. The van der Waals surface area contributed by atoms with Crippen LogP contribution in [0, 0.1) is 0 Å². The van der Waals surface area contributed by atoms with Gasteiger partial charge in [-0.1, -0.05) is 0 Å². The molecule has 0 atom stereocenters. The van der Waals surface area contributed by atoms with Crippen LogP contribution >= 0.6 is 15.9 Å². The minimum absolute atomic E-state index is 0.180. The molecule has 0 saturated carbocycles. The van der Waals surface area contributed by atoms with Gasteiger partial charge in [-0.05, 0) is 22.0 Å². The molecule has 0 fully saturated rings. The van der Waals surface area contributed by atoms with Crippen molar-refractivity contribution in [2.45, 2.75) is 6.61 Å². The van der Waals surface area contributed by atoms with E-state index in [1.54, 1.807) is 0 Å². The van der Waals surface area contributed by atoms with E-state index in [4.69, 9.17) is 14.6 Å². The van der Waals surface area contributed by atoms with Gasteiger partial charge in [-0.15, -0.1) is 0 Å². The van der Waals surface area contributed by atoms with Gasteiger partial charge in [0.2, 0.25) is 5.76 Å². The highest BCUT2D eigenvalue weighted by Crippen LogP contribution is 2.21. The molecule has 0 aromatic carbocycles. The van der Waals surface area contributed by atoms with Crippen molar-refractivity contribution >= 4 is 21.9 Å². The first-order valence-corrected chi connectivity index (χ1v) is 3.57. The molecule has 0 radical (unpaired) electrons. The minimum Gasteiger partial charge on any atom is -0.475 e. The largest absolute Gasteiger partial charge is 0.475 e. The van der Waals surface area contributed by atoms with Crippen LogP contribution in [0.2, 0.25) is 0 Å². The Morgan fingerprint density at radius 3 is 2.64 bits per heavy atom. The van der Waals surface area contributed by atoms with Gasteiger partial charge in [-0.25, -0.2) is 4.79 Å². The first-order chi connectivity index (χ1) is 5.15. The lowest BCUT2D eigenvalue weighted by atomic mass is 10.3. The molecule has 0 unspecified atom stereocenters. The van der Waals surface area contributed by atoms with E-state index in [9.17, 15) is 4.79 Å². The Hall–Kier alpha value is -0.810. The molecular formula is C6H5BrO4. The van der Waals surface area contributed by atoms with Crippen LogP contribution in [0.5, 0.6) is 0 Å². The van der Waals surface area contributed by atoms with Crippen molar-refractivity contribution in [1.29, 1.82) is 0 Å². The van der Waals surface area contributed by atoms with Crippen LogP contribution < -0.4 is 0 Å². The molecule has 0 spiro atoms. The maximum atomic E-state index is 10.3. The highest BCUT2D eigenvalue weighted by molar-refractivity contribution is 9.10. The molecule has 1 rings (SSSR count). The van der Waals surface area contributed by atoms with Gasteiger partial charge in [0.15, 0.2) is 4.67 Å². The van der Waals surface area contributed by atoms with Crippen molar-refractivity contribution in [3.05, 3.63) is 22.1 Å². The number of rotatable bonds is 2. The highest BCUT2D eigenvalue weighted by atomic mass is 79.9. The third-order valence-corrected chi connectivity index (χ3v) is 1.81. The van der Waals surface area contributed by atoms with Crippen molar-refractivity contribution < 1.29 is 19.4 Å². The van der Waals surface area contributed by atoms with E-state index in [0.29, 0.717) is 5.56 Å². The number of halogens is 1. The zero-order chi connectivity index (χ0) is 8.43. The van der Waals surface area contributed by atoms with E-state index >= 15 is 0 Å². The van der Waals surface area contributed by atoms with E-state index in [-0.39, 0.29) is 17.0 Å². The molecule has 0 saturated heterocycles. The Morgan fingerprint density at radius 2 is 2.36 bits per heavy atom. The smallest absolute Gasteiger partial charge is 0.371 e. The third kappa shape index (κ3) is 1.61. The lowest BCUT2D eigenvalue weighted by molar-refractivity contribution is 0.0661. The Labute approximate surface area is 70.6 Å². The first-order valence-electron chi connectivity index (χ1n) is 2.77. The van der Waals surface area contributed by atoms with Gasteiger partial charge < -0.3 is 14.6 Å². The summed E-state index contributed by atoms with van der Waals surface area (Å²) in [5.74, 6) is -1.33. The summed E-state index contributed by atoms with van der Waals surface area (Å²) in [5, 5.41) is 17.1. The third-order valence-electron chi connectivity index (χ3n) is 1.14. The van der Waals surface area contributed by atoms with Crippen LogP contribution in [0.15, 0.2) is 15.2 Å². The topological polar surface area (TPSA) is 70.7 Å². The highest BCUT2D eigenvalue weighted by Gasteiger charge is 2.12. The standard InChI is InChI=1S/C6H5BrO4/c7-5-3(2-8)1-4(11-5)6(9)10/h1,8H,2H2,(H,9,10). The number of carboxylic acids is 1. The summed E-state index contributed by atoms with van der Waals surface area (Å²) in [7, 11) is 0. The number of carbonyl (C=O) groups is 1. The number of aliphatic hydroxyl groups is 1. The van der Waals surface area contributed by atoms with Gasteiger partial charge >= 0.3 is 5.97 Å². The SMILES string of the molecule is O=C(O)c1cc(CO)c(Br)o1. The first kappa shape index (κ1) is 8.29. The summed E-state index contributed by atoms with van der Waals surface area (Å²) in [4.78, 5) is 10.3. The average Bonchev–Trinajstić information content (AvgIpc) is 2.31. The number of carboxylic acid groups (broad SMARTS) is 1. The fourth-order valence-corrected chi connectivity index (χ4v) is 1.03. The van der Waals surface area contributed by atoms with Crippen molar-refractivity contribution in [3.63, 3.8) is 0 Å². The molecule has 5 heteroatoms. The maximum Gasteiger partial charge on any atom is 0.371 e. The monoisotopic (exact) mass is 220 g/mol. The Bertz CT molecular complexity index is 278. The van der Waals surface area contributed by atoms with Gasteiger partial charge in [0.25, 0.3) is 0 Å². The molecular weight excluding hydrogens is 216 g/mol. The van der Waals surface area contributed by atoms with Crippen LogP contribution in [0.1, 0.15) is 16.1 Å². The molecule has 0 aliphatic rings. The summed E-state index contributed by atoms with van der Waals surface area (Å²) in [6.45, 7) is -0.239. The van der Waals surface area contributed by atoms with Gasteiger partial charge in [0.05, 0.1) is 6.61 Å². The van der Waals surface area contributed by atoms with E-state index in [1.165, 1.54) is 6.07 Å². The zero-order valence-corrected chi connectivity index (χ0v) is 6.96. The Kier molecular flexibility index (Phi) is 2.31. The molecule has 2 N–H and O–H groups in total. The van der Waals surface area contributed by atoms with Crippen molar-refractivity contribution in [2.75, 3.05) is 0 Å². The number of furan rings is 1. The average molecular weight is 221 g/mol. The van der Waals surface area contributed by atoms with E-state index in [2.05, 4.69) is 15.9 Å². The van der Waals surface area contributed by atoms with E-state index in [1.807, 2.05) is 0 Å². The van der Waals surface area contributed by atoms with Crippen molar-refractivity contribution in [1.82, 2.24) is 0 Å². The van der Waals surface area contributed by atoms with Crippen LogP contribution in [-0.2, 0) is 6.61 Å². The van der Waals surface area contributed by atoms with Gasteiger partial charge in [-0.2, -0.15) is 0 Å². The van der Waals surface area contributed by atoms with Crippen LogP contribution in [0.25, 0.3) is 0 Å². The molecule has 1 aromatic rings. The molecule has 0 aliphatic carbocycles. The summed E-state index contributed by atoms with van der Waals surface area (Å²) in [6, 6.07) is 1.27. The lowest BCUT2D eigenvalue weighted by Gasteiger charge is -1.84. The van der Waals surface area contributed by atoms with E-state index < -0.39 is 5.97 Å². The molecule has 1 heterocycles. The maximum absolute atomic E-state index is 10.3. The fourth-order valence-electron chi connectivity index (χ4n) is 0.620. The molecule has 60 valence electrons. The second kappa shape index (κ2) is 3.06. The number of aliphatic hydroxyl groups excluding tert-OH is 1. The number of hydrogen-bond donors (Lipinski definition) is 2. The summed E-state index contributed by atoms with van der Waals surface area (Å²) < 4.78 is 4.99. The van der Waals surface area contributed by atoms with Gasteiger partial charge in [-0.3, -0.25) is 0 Å². The van der Waals surface area contributed by atoms with Gasteiger partial charge in [0.1, 0.15) is 0 Å². The minimum atomic E-state index is -1.15. The Morgan fingerprint density at radius 1 is 1.73 bits per heavy atom. The molecule has 4 nitrogen and oxygen atoms in total. The molecule has 0 bridgehead atoms. The summed E-state index contributed by atoms with van der Waals surface area (Å²) >= 11 is 2.96. The second-order valence-corrected chi connectivity index (χ2v) is 2.59. The zero-order valence-electron chi connectivity index (χ0n) is 5.37. The molecule has 0 amide bonds.